The standard InChI is InChI=1S/C21H21NO5/c1-26-11-12-27-18-8-6-15(7-9-18)17-5-4-16-3-2-10-21(14-23,19(16)13-17)22-20(24)25/h2,4-10,13-14,22H,3,11-12H2,1H3,(H,24,25)/t21-/m1/s1. The molecular weight excluding hydrogens is 346 g/mol. The van der Waals surface area contributed by atoms with E-state index in [4.69, 9.17) is 14.6 Å². The van der Waals surface area contributed by atoms with Gasteiger partial charge in [-0.15, -0.1) is 0 Å². The summed E-state index contributed by atoms with van der Waals surface area (Å²) in [7, 11) is 1.62. The maximum atomic E-state index is 11.8. The molecule has 6 nitrogen and oxygen atoms in total. The van der Waals surface area contributed by atoms with Gasteiger partial charge in [0.15, 0.2) is 6.29 Å². The Morgan fingerprint density at radius 3 is 2.59 bits per heavy atom. The molecule has 140 valence electrons. The van der Waals surface area contributed by atoms with Gasteiger partial charge >= 0.3 is 6.09 Å². The second-order valence-corrected chi connectivity index (χ2v) is 6.26. The molecule has 0 saturated carbocycles. The molecule has 1 atom stereocenters. The summed E-state index contributed by atoms with van der Waals surface area (Å²) in [5.41, 5.74) is 2.05. The average Bonchev–Trinajstić information content (AvgIpc) is 2.68. The van der Waals surface area contributed by atoms with Crippen molar-refractivity contribution in [3.8, 4) is 16.9 Å². The average molecular weight is 367 g/mol. The van der Waals surface area contributed by atoms with Crippen LogP contribution in [0.25, 0.3) is 11.1 Å². The van der Waals surface area contributed by atoms with Gasteiger partial charge in [0.25, 0.3) is 0 Å². The molecular formula is C21H21NO5. The molecule has 0 fully saturated rings. The molecule has 1 amide bonds. The Balaban J connectivity index is 1.91. The van der Waals surface area contributed by atoms with Gasteiger partial charge in [-0.2, -0.15) is 0 Å². The minimum atomic E-state index is -1.36. The molecule has 0 radical (unpaired) electrons. The molecule has 2 N–H and O–H groups in total. The summed E-state index contributed by atoms with van der Waals surface area (Å²) in [5, 5.41) is 11.5. The van der Waals surface area contributed by atoms with Crippen molar-refractivity contribution in [2.45, 2.75) is 12.0 Å². The zero-order chi connectivity index (χ0) is 19.3. The molecule has 0 aromatic heterocycles. The number of allylic oxidation sites excluding steroid dienone is 1. The van der Waals surface area contributed by atoms with Crippen LogP contribution in [0.4, 0.5) is 4.79 Å². The number of hydrogen-bond acceptors (Lipinski definition) is 4. The van der Waals surface area contributed by atoms with Crippen LogP contribution in [0.5, 0.6) is 5.75 Å². The van der Waals surface area contributed by atoms with E-state index >= 15 is 0 Å². The Morgan fingerprint density at radius 1 is 1.19 bits per heavy atom. The first-order valence-corrected chi connectivity index (χ1v) is 8.59. The molecule has 1 aliphatic rings. The highest BCUT2D eigenvalue weighted by molar-refractivity contribution is 5.82. The highest BCUT2D eigenvalue weighted by atomic mass is 16.5. The van der Waals surface area contributed by atoms with E-state index in [0.29, 0.717) is 31.5 Å². The summed E-state index contributed by atoms with van der Waals surface area (Å²) < 4.78 is 10.5. The largest absolute Gasteiger partial charge is 0.491 e. The summed E-state index contributed by atoms with van der Waals surface area (Å²) in [5.74, 6) is 0.742. The molecule has 0 heterocycles. The topological polar surface area (TPSA) is 84.9 Å². The monoisotopic (exact) mass is 367 g/mol. The van der Waals surface area contributed by atoms with E-state index in [2.05, 4.69) is 5.32 Å². The van der Waals surface area contributed by atoms with Crippen LogP contribution >= 0.6 is 0 Å². The maximum Gasteiger partial charge on any atom is 0.405 e. The number of amides is 1. The van der Waals surface area contributed by atoms with Gasteiger partial charge in [-0.25, -0.2) is 4.79 Å². The van der Waals surface area contributed by atoms with Gasteiger partial charge in [0.05, 0.1) is 6.61 Å². The number of aldehydes is 1. The zero-order valence-electron chi connectivity index (χ0n) is 15.0. The van der Waals surface area contributed by atoms with Gasteiger partial charge in [0.1, 0.15) is 17.9 Å². The van der Waals surface area contributed by atoms with Crippen molar-refractivity contribution in [2.24, 2.45) is 0 Å². The van der Waals surface area contributed by atoms with E-state index in [1.165, 1.54) is 0 Å². The molecule has 2 aromatic rings. The van der Waals surface area contributed by atoms with Crippen LogP contribution in [0, 0.1) is 0 Å². The number of carbonyl (C=O) groups excluding carboxylic acids is 1. The van der Waals surface area contributed by atoms with E-state index in [9.17, 15) is 9.59 Å². The summed E-state index contributed by atoms with van der Waals surface area (Å²) in [6.07, 6.45) is 3.44. The number of ether oxygens (including phenoxy) is 2. The molecule has 0 saturated heterocycles. The van der Waals surface area contributed by atoms with Crippen molar-refractivity contribution in [1.82, 2.24) is 5.32 Å². The van der Waals surface area contributed by atoms with E-state index in [1.807, 2.05) is 42.5 Å². The van der Waals surface area contributed by atoms with Crippen LogP contribution in [0.2, 0.25) is 0 Å². The molecule has 0 unspecified atom stereocenters. The van der Waals surface area contributed by atoms with Crippen LogP contribution in [-0.4, -0.2) is 37.8 Å². The predicted molar refractivity (Wildman–Crippen MR) is 101 cm³/mol. The smallest absolute Gasteiger partial charge is 0.405 e. The third-order valence-electron chi connectivity index (χ3n) is 4.52. The molecule has 0 spiro atoms. The first-order chi connectivity index (χ1) is 13.1. The van der Waals surface area contributed by atoms with Gasteiger partial charge in [-0.1, -0.05) is 36.4 Å². The molecule has 0 bridgehead atoms. The van der Waals surface area contributed by atoms with Crippen molar-refractivity contribution in [1.29, 1.82) is 0 Å². The normalized spacial score (nSPS) is 17.8. The Kier molecular flexibility index (Phi) is 5.57. The minimum absolute atomic E-state index is 0.476. The van der Waals surface area contributed by atoms with Crippen LogP contribution < -0.4 is 10.1 Å². The van der Waals surface area contributed by atoms with Gasteiger partial charge in [0, 0.05) is 7.11 Å². The fraction of sp³-hybridized carbons (Fsp3) is 0.238. The molecule has 2 aromatic carbocycles. The van der Waals surface area contributed by atoms with E-state index < -0.39 is 11.6 Å². The fourth-order valence-corrected chi connectivity index (χ4v) is 3.19. The molecule has 1 aliphatic carbocycles. The minimum Gasteiger partial charge on any atom is -0.491 e. The van der Waals surface area contributed by atoms with Crippen molar-refractivity contribution in [3.63, 3.8) is 0 Å². The Morgan fingerprint density at radius 2 is 1.93 bits per heavy atom. The molecule has 6 heteroatoms. The highest BCUT2D eigenvalue weighted by Gasteiger charge is 2.35. The Hall–Kier alpha value is -3.12. The van der Waals surface area contributed by atoms with Gasteiger partial charge < -0.3 is 19.9 Å². The third-order valence-corrected chi connectivity index (χ3v) is 4.52. The highest BCUT2D eigenvalue weighted by Crippen LogP contribution is 2.33. The quantitative estimate of drug-likeness (QED) is 0.446. The lowest BCUT2D eigenvalue weighted by Crippen LogP contribution is -2.46. The van der Waals surface area contributed by atoms with Crippen LogP contribution in [0.15, 0.2) is 54.6 Å². The lowest BCUT2D eigenvalue weighted by atomic mass is 9.80. The second-order valence-electron chi connectivity index (χ2n) is 6.26. The summed E-state index contributed by atoms with van der Waals surface area (Å²) >= 11 is 0. The number of methoxy groups -OCH3 is 1. The van der Waals surface area contributed by atoms with E-state index in [0.717, 1.165) is 22.4 Å². The SMILES string of the molecule is COCCOc1ccc(-c2ccc3c(c2)[C@@](C=O)(NC(=O)O)C=CC3)cc1. The fourth-order valence-electron chi connectivity index (χ4n) is 3.19. The lowest BCUT2D eigenvalue weighted by Gasteiger charge is -2.30. The van der Waals surface area contributed by atoms with Gasteiger partial charge in [-0.05, 0) is 46.9 Å². The van der Waals surface area contributed by atoms with Crippen molar-refractivity contribution >= 4 is 12.4 Å². The van der Waals surface area contributed by atoms with Gasteiger partial charge in [0.2, 0.25) is 0 Å². The van der Waals surface area contributed by atoms with Crippen LogP contribution in [0.3, 0.4) is 0 Å². The molecule has 27 heavy (non-hydrogen) atoms. The first-order valence-electron chi connectivity index (χ1n) is 8.59. The number of rotatable bonds is 7. The molecule has 0 aliphatic heterocycles. The number of fused-ring (bicyclic) bond motifs is 1. The summed E-state index contributed by atoms with van der Waals surface area (Å²) in [6.45, 7) is 0.994. The Labute approximate surface area is 157 Å². The van der Waals surface area contributed by atoms with Crippen LogP contribution in [-0.2, 0) is 21.5 Å². The van der Waals surface area contributed by atoms with Crippen LogP contribution in [0.1, 0.15) is 11.1 Å². The number of nitrogens with one attached hydrogen (secondary N) is 1. The number of benzene rings is 2. The van der Waals surface area contributed by atoms with Gasteiger partial charge in [-0.3, -0.25) is 4.79 Å². The number of carbonyl (C=O) groups is 2. The van der Waals surface area contributed by atoms with Crippen molar-refractivity contribution in [3.05, 3.63) is 65.7 Å². The van der Waals surface area contributed by atoms with Crippen molar-refractivity contribution in [2.75, 3.05) is 20.3 Å². The Bertz CT molecular complexity index is 859. The first kappa shape index (κ1) is 18.7. The predicted octanol–water partition coefficient (Wildman–Crippen LogP) is 3.15. The lowest BCUT2D eigenvalue weighted by molar-refractivity contribution is -0.112. The summed E-state index contributed by atoms with van der Waals surface area (Å²) in [6, 6.07) is 13.4. The summed E-state index contributed by atoms with van der Waals surface area (Å²) in [4.78, 5) is 23.0. The zero-order valence-corrected chi connectivity index (χ0v) is 15.0. The third kappa shape index (κ3) is 4.01. The maximum absolute atomic E-state index is 11.8. The molecule has 3 rings (SSSR count). The van der Waals surface area contributed by atoms with E-state index in [1.54, 1.807) is 19.3 Å². The van der Waals surface area contributed by atoms with E-state index in [-0.39, 0.29) is 0 Å². The second kappa shape index (κ2) is 8.05. The number of hydrogen-bond donors (Lipinski definition) is 2. The van der Waals surface area contributed by atoms with Crippen molar-refractivity contribution < 1.29 is 24.2 Å². The number of carboxylic acid groups (broad SMARTS) is 1.